The van der Waals surface area contributed by atoms with Gasteiger partial charge in [-0.1, -0.05) is 0 Å². The van der Waals surface area contributed by atoms with Crippen molar-refractivity contribution in [3.8, 4) is 0 Å². The van der Waals surface area contributed by atoms with E-state index >= 15 is 0 Å². The van der Waals surface area contributed by atoms with Gasteiger partial charge in [0.05, 0.1) is 0 Å². The van der Waals surface area contributed by atoms with E-state index in [1.807, 2.05) is 0 Å². The van der Waals surface area contributed by atoms with Crippen LogP contribution in [0, 0.1) is 0 Å². The largest absolute Gasteiger partial charge is 0.106 e. The molecule has 0 saturated carbocycles. The molecule has 0 rings (SSSR count). The summed E-state index contributed by atoms with van der Waals surface area (Å²) in [5.74, 6) is 0. The molecule has 2 heteroatoms. The van der Waals surface area contributed by atoms with Crippen molar-refractivity contribution in [1.82, 2.24) is 0 Å². The van der Waals surface area contributed by atoms with Gasteiger partial charge in [0.2, 0.25) is 0 Å². The first-order valence-corrected chi connectivity index (χ1v) is 0.500. The maximum absolute atomic E-state index is 3.00. The molecule has 0 aliphatic rings. The van der Waals surface area contributed by atoms with Crippen LogP contribution in [0.15, 0.2) is 13.2 Å². The van der Waals surface area contributed by atoms with E-state index in [0.29, 0.717) is 0 Å². The fraction of sp³-hybridized carbons (Fsp3) is 0. The van der Waals surface area contributed by atoms with Gasteiger partial charge in [-0.15, -0.1) is 13.2 Å². The van der Waals surface area contributed by atoms with Crippen LogP contribution in [0.4, 0.5) is 0 Å². The van der Waals surface area contributed by atoms with E-state index < -0.39 is 0 Å². The molecule has 0 amide bonds. The molecule has 0 heterocycles. The normalized spacial score (nSPS) is 1.00. The molecule has 0 aromatic heterocycles. The molecule has 1 radical (unpaired) electrons. The Labute approximate surface area is 61.7 Å². The molecule has 0 fully saturated rings. The van der Waals surface area contributed by atoms with Crippen molar-refractivity contribution in [1.29, 1.82) is 0 Å². The van der Waals surface area contributed by atoms with Crippen molar-refractivity contribution in [3.05, 3.63) is 13.2 Å². The minimum Gasteiger partial charge on any atom is -0.106 e. The SMILES string of the molecule is C=C.[Na].[Zn]. The third kappa shape index (κ3) is 10.1. The van der Waals surface area contributed by atoms with E-state index in [4.69, 9.17) is 0 Å². The Morgan fingerprint density at radius 1 is 1.00 bits per heavy atom. The van der Waals surface area contributed by atoms with E-state index in [2.05, 4.69) is 13.2 Å². The van der Waals surface area contributed by atoms with E-state index in [9.17, 15) is 0 Å². The molecule has 0 aliphatic heterocycles. The van der Waals surface area contributed by atoms with Gasteiger partial charge in [0.15, 0.2) is 0 Å². The van der Waals surface area contributed by atoms with Crippen LogP contribution in [0.25, 0.3) is 0 Å². The van der Waals surface area contributed by atoms with E-state index in [1.165, 1.54) is 0 Å². The summed E-state index contributed by atoms with van der Waals surface area (Å²) in [4.78, 5) is 0. The number of hydrogen-bond acceptors (Lipinski definition) is 0. The van der Waals surface area contributed by atoms with Crippen molar-refractivity contribution in [2.24, 2.45) is 0 Å². The average Bonchev–Trinajstić information content (AvgIpc) is 1.00. The number of hydrogen-bond donors (Lipinski definition) is 0. The summed E-state index contributed by atoms with van der Waals surface area (Å²) in [6.07, 6.45) is 0. The second kappa shape index (κ2) is 26.6. The second-order valence-corrected chi connectivity index (χ2v) is 0. The van der Waals surface area contributed by atoms with Crippen LogP contribution in [0.3, 0.4) is 0 Å². The summed E-state index contributed by atoms with van der Waals surface area (Å²) >= 11 is 0. The van der Waals surface area contributed by atoms with Crippen LogP contribution >= 0.6 is 0 Å². The average molecular weight is 116 g/mol. The molecule has 0 aromatic rings. The molecule has 0 nitrogen and oxygen atoms in total. The molecule has 15 valence electrons. The fourth-order valence-electron chi connectivity index (χ4n) is 0. The quantitative estimate of drug-likeness (QED) is 0.318. The van der Waals surface area contributed by atoms with Crippen molar-refractivity contribution < 1.29 is 19.5 Å². The molecule has 0 aromatic carbocycles. The second-order valence-electron chi connectivity index (χ2n) is 0. The predicted molar refractivity (Wildman–Crippen MR) is 17.0 cm³/mol. The summed E-state index contributed by atoms with van der Waals surface area (Å²) in [6, 6.07) is 0. The minimum atomic E-state index is 0. The Balaban J connectivity index is -0.00000000500. The van der Waals surface area contributed by atoms with Gasteiger partial charge in [-0.25, -0.2) is 0 Å². The molecule has 0 N–H and O–H groups in total. The standard InChI is InChI=1S/C2H4.Na.Zn/c1-2;;/h1-2H2;;. The summed E-state index contributed by atoms with van der Waals surface area (Å²) in [5.41, 5.74) is 0. The van der Waals surface area contributed by atoms with E-state index in [-0.39, 0.29) is 49.0 Å². The molecule has 0 atom stereocenters. The van der Waals surface area contributed by atoms with Crippen LogP contribution in [0.5, 0.6) is 0 Å². The van der Waals surface area contributed by atoms with Crippen molar-refractivity contribution >= 4 is 29.6 Å². The van der Waals surface area contributed by atoms with Gasteiger partial charge in [0.1, 0.15) is 0 Å². The fourth-order valence-corrected chi connectivity index (χ4v) is 0. The zero-order chi connectivity index (χ0) is 2.00. The van der Waals surface area contributed by atoms with Gasteiger partial charge in [-0.2, -0.15) is 0 Å². The molecular formula is C2H4NaZn. The van der Waals surface area contributed by atoms with Crippen LogP contribution in [-0.4, -0.2) is 29.6 Å². The van der Waals surface area contributed by atoms with Gasteiger partial charge >= 0.3 is 0 Å². The molecular weight excluding hydrogens is 112 g/mol. The van der Waals surface area contributed by atoms with Crippen molar-refractivity contribution in [2.45, 2.75) is 0 Å². The Morgan fingerprint density at radius 3 is 1.00 bits per heavy atom. The van der Waals surface area contributed by atoms with Gasteiger partial charge in [0, 0.05) is 49.0 Å². The third-order valence-electron chi connectivity index (χ3n) is 0. The number of rotatable bonds is 0. The van der Waals surface area contributed by atoms with Gasteiger partial charge in [-0.05, 0) is 0 Å². The van der Waals surface area contributed by atoms with Crippen LogP contribution < -0.4 is 0 Å². The first-order chi connectivity index (χ1) is 1.00. The topological polar surface area (TPSA) is 0 Å². The van der Waals surface area contributed by atoms with E-state index in [0.717, 1.165) is 0 Å². The predicted octanol–water partition coefficient (Wildman–Crippen LogP) is 0.419. The monoisotopic (exact) mass is 115 g/mol. The Hall–Kier alpha value is 1.36. The molecule has 0 aliphatic carbocycles. The molecule has 0 saturated heterocycles. The third-order valence-corrected chi connectivity index (χ3v) is 0. The van der Waals surface area contributed by atoms with Crippen LogP contribution in [0.2, 0.25) is 0 Å². The smallest absolute Gasteiger partial charge is 0 e. The van der Waals surface area contributed by atoms with Gasteiger partial charge in [0.25, 0.3) is 0 Å². The minimum absolute atomic E-state index is 0. The zero-order valence-electron chi connectivity index (χ0n) is 3.12. The first kappa shape index (κ1) is 18.3. The molecule has 0 bridgehead atoms. The zero-order valence-corrected chi connectivity index (χ0v) is 8.09. The van der Waals surface area contributed by atoms with Gasteiger partial charge in [-0.3, -0.25) is 0 Å². The maximum atomic E-state index is 3.00. The van der Waals surface area contributed by atoms with Crippen molar-refractivity contribution in [2.75, 3.05) is 0 Å². The summed E-state index contributed by atoms with van der Waals surface area (Å²) in [6.45, 7) is 6.00. The Bertz CT molecular complexity index is 6.00. The maximum Gasteiger partial charge on any atom is 0 e. The molecule has 0 unspecified atom stereocenters. The summed E-state index contributed by atoms with van der Waals surface area (Å²) in [5, 5.41) is 0. The Morgan fingerprint density at radius 2 is 1.00 bits per heavy atom. The summed E-state index contributed by atoms with van der Waals surface area (Å²) < 4.78 is 0. The summed E-state index contributed by atoms with van der Waals surface area (Å²) in [7, 11) is 0. The van der Waals surface area contributed by atoms with Gasteiger partial charge < -0.3 is 0 Å². The first-order valence-electron chi connectivity index (χ1n) is 0.500. The van der Waals surface area contributed by atoms with Crippen molar-refractivity contribution in [3.63, 3.8) is 0 Å². The van der Waals surface area contributed by atoms with Crippen LogP contribution in [0.1, 0.15) is 0 Å². The van der Waals surface area contributed by atoms with Crippen LogP contribution in [-0.2, 0) is 19.5 Å². The van der Waals surface area contributed by atoms with E-state index in [1.54, 1.807) is 0 Å². The molecule has 4 heavy (non-hydrogen) atoms. The molecule has 0 spiro atoms. The Kier molecular flexibility index (Phi) is 121.